The van der Waals surface area contributed by atoms with E-state index in [0.29, 0.717) is 12.2 Å². The van der Waals surface area contributed by atoms with Crippen molar-refractivity contribution in [3.8, 4) is 0 Å². The molecule has 0 amide bonds. The van der Waals surface area contributed by atoms with Crippen molar-refractivity contribution < 1.29 is 9.47 Å². The molecule has 0 aromatic carbocycles. The second-order valence-corrected chi connectivity index (χ2v) is 4.68. The molecule has 15 heavy (non-hydrogen) atoms. The van der Waals surface area contributed by atoms with Crippen molar-refractivity contribution in [2.75, 3.05) is 19.8 Å². The van der Waals surface area contributed by atoms with Crippen LogP contribution >= 0.6 is 0 Å². The minimum atomic E-state index is 0.361. The maximum absolute atomic E-state index is 5.87. The lowest BCUT2D eigenvalue weighted by Gasteiger charge is -2.19. The van der Waals surface area contributed by atoms with Gasteiger partial charge < -0.3 is 14.8 Å². The average Bonchev–Trinajstić information content (AvgIpc) is 2.94. The quantitative estimate of drug-likeness (QED) is 0.698. The zero-order valence-electron chi connectivity index (χ0n) is 9.71. The number of hydrogen-bond donors (Lipinski definition) is 1. The van der Waals surface area contributed by atoms with Crippen LogP contribution in [0.4, 0.5) is 0 Å². The maximum Gasteiger partial charge on any atom is 0.0809 e. The predicted molar refractivity (Wildman–Crippen MR) is 60.0 cm³/mol. The number of nitrogens with one attached hydrogen (secondary N) is 1. The van der Waals surface area contributed by atoms with E-state index >= 15 is 0 Å². The van der Waals surface area contributed by atoms with Crippen LogP contribution in [0.5, 0.6) is 0 Å². The summed E-state index contributed by atoms with van der Waals surface area (Å²) in [5.41, 5.74) is 0. The molecule has 0 radical (unpaired) electrons. The Bertz CT molecular complexity index is 176. The third-order valence-corrected chi connectivity index (χ3v) is 3.21. The first kappa shape index (κ1) is 11.4. The van der Waals surface area contributed by atoms with Gasteiger partial charge in [0.25, 0.3) is 0 Å². The van der Waals surface area contributed by atoms with Gasteiger partial charge in [-0.15, -0.1) is 0 Å². The molecule has 1 heterocycles. The normalized spacial score (nSPS) is 28.2. The fourth-order valence-electron chi connectivity index (χ4n) is 1.93. The molecule has 1 saturated carbocycles. The summed E-state index contributed by atoms with van der Waals surface area (Å²) in [5, 5.41) is 3.52. The standard InChI is InChI=1S/C12H23NO2/c1-2-11(8-13-10-5-6-10)15-9-12-4-3-7-14-12/h10-13H,2-9H2,1H3. The smallest absolute Gasteiger partial charge is 0.0809 e. The van der Waals surface area contributed by atoms with Gasteiger partial charge in [0.2, 0.25) is 0 Å². The van der Waals surface area contributed by atoms with Crippen LogP contribution in [0, 0.1) is 0 Å². The van der Waals surface area contributed by atoms with Crippen molar-refractivity contribution in [2.45, 2.75) is 57.3 Å². The minimum Gasteiger partial charge on any atom is -0.376 e. The molecule has 88 valence electrons. The van der Waals surface area contributed by atoms with E-state index in [-0.39, 0.29) is 0 Å². The molecule has 3 heteroatoms. The summed E-state index contributed by atoms with van der Waals surface area (Å²) in [4.78, 5) is 0. The summed E-state index contributed by atoms with van der Waals surface area (Å²) in [7, 11) is 0. The molecule has 1 aliphatic heterocycles. The Kier molecular flexibility index (Phi) is 4.42. The highest BCUT2D eigenvalue weighted by Gasteiger charge is 2.22. The lowest BCUT2D eigenvalue weighted by molar-refractivity contribution is -0.0209. The van der Waals surface area contributed by atoms with Gasteiger partial charge >= 0.3 is 0 Å². The summed E-state index contributed by atoms with van der Waals surface area (Å²) in [5.74, 6) is 0. The van der Waals surface area contributed by atoms with E-state index in [2.05, 4.69) is 12.2 Å². The third kappa shape index (κ3) is 4.09. The van der Waals surface area contributed by atoms with Gasteiger partial charge in [-0.3, -0.25) is 0 Å². The molecule has 1 N–H and O–H groups in total. The van der Waals surface area contributed by atoms with Crippen molar-refractivity contribution in [2.24, 2.45) is 0 Å². The monoisotopic (exact) mass is 213 g/mol. The SMILES string of the molecule is CCC(CNC1CC1)OCC1CCCO1. The van der Waals surface area contributed by atoms with E-state index < -0.39 is 0 Å². The lowest BCUT2D eigenvalue weighted by Crippen LogP contribution is -2.32. The van der Waals surface area contributed by atoms with Crippen molar-refractivity contribution in [3.63, 3.8) is 0 Å². The van der Waals surface area contributed by atoms with Crippen molar-refractivity contribution >= 4 is 0 Å². The summed E-state index contributed by atoms with van der Waals surface area (Å²) in [6, 6.07) is 0.783. The van der Waals surface area contributed by atoms with Crippen LogP contribution in [0.15, 0.2) is 0 Å². The Morgan fingerprint density at radius 2 is 2.27 bits per heavy atom. The predicted octanol–water partition coefficient (Wildman–Crippen LogP) is 1.71. The number of rotatable bonds is 7. The molecule has 0 aromatic heterocycles. The van der Waals surface area contributed by atoms with Crippen LogP contribution in [0.1, 0.15) is 39.0 Å². The first-order valence-electron chi connectivity index (χ1n) is 6.35. The molecule has 2 rings (SSSR count). The highest BCUT2D eigenvalue weighted by molar-refractivity contribution is 4.82. The van der Waals surface area contributed by atoms with Crippen LogP contribution in [0.2, 0.25) is 0 Å². The second kappa shape index (κ2) is 5.83. The van der Waals surface area contributed by atoms with Gasteiger partial charge in [-0.2, -0.15) is 0 Å². The van der Waals surface area contributed by atoms with Gasteiger partial charge in [0.15, 0.2) is 0 Å². The van der Waals surface area contributed by atoms with Crippen LogP contribution in [-0.4, -0.2) is 38.0 Å². The fourth-order valence-corrected chi connectivity index (χ4v) is 1.93. The van der Waals surface area contributed by atoms with E-state index in [1.165, 1.54) is 25.7 Å². The molecule has 1 saturated heterocycles. The summed E-state index contributed by atoms with van der Waals surface area (Å²) in [6.07, 6.45) is 6.89. The van der Waals surface area contributed by atoms with Gasteiger partial charge in [0.05, 0.1) is 18.8 Å². The van der Waals surface area contributed by atoms with Gasteiger partial charge in [-0.1, -0.05) is 6.92 Å². The zero-order chi connectivity index (χ0) is 10.5. The van der Waals surface area contributed by atoms with Crippen molar-refractivity contribution in [1.82, 2.24) is 5.32 Å². The topological polar surface area (TPSA) is 30.5 Å². The Balaban J connectivity index is 1.56. The van der Waals surface area contributed by atoms with Crippen LogP contribution < -0.4 is 5.32 Å². The van der Waals surface area contributed by atoms with Gasteiger partial charge in [-0.05, 0) is 32.1 Å². The average molecular weight is 213 g/mol. The van der Waals surface area contributed by atoms with E-state index in [4.69, 9.17) is 9.47 Å². The molecule has 3 nitrogen and oxygen atoms in total. The highest BCUT2D eigenvalue weighted by Crippen LogP contribution is 2.19. The van der Waals surface area contributed by atoms with Crippen LogP contribution in [-0.2, 0) is 9.47 Å². The van der Waals surface area contributed by atoms with E-state index in [1.54, 1.807) is 0 Å². The zero-order valence-corrected chi connectivity index (χ0v) is 9.71. The number of hydrogen-bond acceptors (Lipinski definition) is 3. The maximum atomic E-state index is 5.87. The first-order chi connectivity index (χ1) is 7.38. The molecule has 0 spiro atoms. The highest BCUT2D eigenvalue weighted by atomic mass is 16.5. The Morgan fingerprint density at radius 3 is 2.87 bits per heavy atom. The largest absolute Gasteiger partial charge is 0.376 e. The fraction of sp³-hybridized carbons (Fsp3) is 1.00. The molecule has 2 aliphatic rings. The minimum absolute atomic E-state index is 0.361. The summed E-state index contributed by atoms with van der Waals surface area (Å²) in [6.45, 7) is 4.90. The molecule has 2 fully saturated rings. The molecule has 2 atom stereocenters. The van der Waals surface area contributed by atoms with E-state index in [1.807, 2.05) is 0 Å². The Morgan fingerprint density at radius 1 is 1.40 bits per heavy atom. The van der Waals surface area contributed by atoms with Gasteiger partial charge in [-0.25, -0.2) is 0 Å². The third-order valence-electron chi connectivity index (χ3n) is 3.21. The van der Waals surface area contributed by atoms with Gasteiger partial charge in [0.1, 0.15) is 0 Å². The van der Waals surface area contributed by atoms with Gasteiger partial charge in [0, 0.05) is 19.2 Å². The summed E-state index contributed by atoms with van der Waals surface area (Å²) >= 11 is 0. The van der Waals surface area contributed by atoms with Crippen molar-refractivity contribution in [1.29, 1.82) is 0 Å². The molecule has 0 bridgehead atoms. The van der Waals surface area contributed by atoms with Crippen molar-refractivity contribution in [3.05, 3.63) is 0 Å². The molecular weight excluding hydrogens is 190 g/mol. The van der Waals surface area contributed by atoms with E-state index in [0.717, 1.165) is 32.2 Å². The first-order valence-corrected chi connectivity index (χ1v) is 6.35. The summed E-state index contributed by atoms with van der Waals surface area (Å²) < 4.78 is 11.4. The Hall–Kier alpha value is -0.120. The molecule has 0 aromatic rings. The lowest BCUT2D eigenvalue weighted by atomic mass is 10.2. The molecule has 2 unspecified atom stereocenters. The second-order valence-electron chi connectivity index (χ2n) is 4.68. The van der Waals surface area contributed by atoms with E-state index in [9.17, 15) is 0 Å². The molecular formula is C12H23NO2. The molecule has 1 aliphatic carbocycles. The Labute approximate surface area is 92.5 Å². The number of ether oxygens (including phenoxy) is 2. The van der Waals surface area contributed by atoms with Crippen LogP contribution in [0.25, 0.3) is 0 Å². The van der Waals surface area contributed by atoms with Crippen LogP contribution in [0.3, 0.4) is 0 Å².